The number of benzene rings is 1. The second kappa shape index (κ2) is 8.50. The van der Waals surface area contributed by atoms with Gasteiger partial charge < -0.3 is 22.0 Å². The first kappa shape index (κ1) is 20.7. The number of aliphatic hydroxyl groups is 1. The van der Waals surface area contributed by atoms with E-state index in [9.17, 15) is 8.42 Å². The Morgan fingerprint density at radius 1 is 1.11 bits per heavy atom. The smallest absolute Gasteiger partial charge is 0.294 e. The molecule has 19 heavy (non-hydrogen) atoms. The summed E-state index contributed by atoms with van der Waals surface area (Å²) in [5.74, 6) is 0. The lowest BCUT2D eigenvalue weighted by molar-refractivity contribution is -0.870. The third-order valence-electron chi connectivity index (χ3n) is 2.09. The highest BCUT2D eigenvalue weighted by Gasteiger charge is 2.06. The van der Waals surface area contributed by atoms with Gasteiger partial charge in [-0.05, 0) is 19.1 Å². The van der Waals surface area contributed by atoms with E-state index in [1.165, 1.54) is 12.1 Å². The van der Waals surface area contributed by atoms with Gasteiger partial charge in [0.2, 0.25) is 0 Å². The van der Waals surface area contributed by atoms with Crippen LogP contribution in [-0.2, 0) is 10.1 Å². The van der Waals surface area contributed by atoms with Crippen LogP contribution in [0.25, 0.3) is 0 Å². The number of aryl methyl sites for hydroxylation is 1. The molecule has 0 aliphatic rings. The standard InChI is InChI=1S/C7H8O3S.C5H14NO.ClH/c1-6-2-4-7(5-3-6)11(8,9)10;1-6(2,3)4-5-7;/h2-5H,1H3,(H,8,9,10);7H,4-5H2,1-3H3;1H/q;+1;/p-1. The predicted octanol–water partition coefficient (Wildman–Crippen LogP) is -2.07. The molecular formula is C12H22ClNO4S. The van der Waals surface area contributed by atoms with Crippen LogP contribution < -0.4 is 12.4 Å². The molecule has 1 rings (SSSR count). The third kappa shape index (κ3) is 10.9. The van der Waals surface area contributed by atoms with Crippen LogP contribution in [-0.4, -0.2) is 56.9 Å². The minimum atomic E-state index is -4.02. The molecule has 0 saturated carbocycles. The number of halogens is 1. The Bertz CT molecular complexity index is 452. The van der Waals surface area contributed by atoms with Gasteiger partial charge in [0, 0.05) is 0 Å². The Morgan fingerprint density at radius 2 is 1.53 bits per heavy atom. The molecule has 0 aliphatic carbocycles. The fourth-order valence-electron chi connectivity index (χ4n) is 1.01. The van der Waals surface area contributed by atoms with Crippen molar-refractivity contribution in [2.24, 2.45) is 0 Å². The first-order valence-electron chi connectivity index (χ1n) is 5.52. The van der Waals surface area contributed by atoms with E-state index in [0.29, 0.717) is 0 Å². The second-order valence-corrected chi connectivity index (χ2v) is 6.45. The molecule has 0 bridgehead atoms. The Morgan fingerprint density at radius 3 is 1.74 bits per heavy atom. The molecule has 0 fully saturated rings. The van der Waals surface area contributed by atoms with Crippen LogP contribution in [0.1, 0.15) is 5.56 Å². The van der Waals surface area contributed by atoms with Crippen LogP contribution in [0.2, 0.25) is 0 Å². The zero-order valence-corrected chi connectivity index (χ0v) is 13.2. The van der Waals surface area contributed by atoms with E-state index in [4.69, 9.17) is 9.66 Å². The van der Waals surface area contributed by atoms with E-state index in [0.717, 1.165) is 16.6 Å². The van der Waals surface area contributed by atoms with Crippen molar-refractivity contribution in [3.8, 4) is 0 Å². The summed E-state index contributed by atoms with van der Waals surface area (Å²) >= 11 is 0. The predicted molar refractivity (Wildman–Crippen MR) is 71.0 cm³/mol. The molecule has 0 saturated heterocycles. The lowest BCUT2D eigenvalue weighted by atomic mass is 10.2. The van der Waals surface area contributed by atoms with Gasteiger partial charge in [-0.15, -0.1) is 0 Å². The number of nitrogens with zero attached hydrogens (tertiary/aromatic N) is 1. The molecule has 0 aromatic heterocycles. The van der Waals surface area contributed by atoms with Crippen molar-refractivity contribution in [2.75, 3.05) is 34.3 Å². The van der Waals surface area contributed by atoms with Gasteiger partial charge in [-0.2, -0.15) is 8.42 Å². The number of likely N-dealkylation sites (N-methyl/N-ethyl adjacent to an activating group) is 1. The molecule has 1 aromatic carbocycles. The summed E-state index contributed by atoms with van der Waals surface area (Å²) in [6.07, 6.45) is 0. The average Bonchev–Trinajstić information content (AvgIpc) is 2.15. The molecule has 2 N–H and O–H groups in total. The van der Waals surface area contributed by atoms with E-state index >= 15 is 0 Å². The fourth-order valence-corrected chi connectivity index (χ4v) is 1.49. The van der Waals surface area contributed by atoms with Gasteiger partial charge in [0.05, 0.1) is 32.6 Å². The summed E-state index contributed by atoms with van der Waals surface area (Å²) in [5.41, 5.74) is 0.956. The maximum atomic E-state index is 10.5. The highest BCUT2D eigenvalue weighted by atomic mass is 35.5. The Hall–Kier alpha value is -0.660. The van der Waals surface area contributed by atoms with Crippen LogP contribution in [0.4, 0.5) is 0 Å². The molecule has 0 aliphatic heterocycles. The van der Waals surface area contributed by atoms with Crippen molar-refractivity contribution in [3.05, 3.63) is 29.8 Å². The summed E-state index contributed by atoms with van der Waals surface area (Å²) in [7, 11) is 2.14. The van der Waals surface area contributed by atoms with Crippen LogP contribution in [0.15, 0.2) is 29.2 Å². The molecule has 0 radical (unpaired) electrons. The van der Waals surface area contributed by atoms with Gasteiger partial charge in [-0.3, -0.25) is 4.55 Å². The number of rotatable bonds is 3. The van der Waals surface area contributed by atoms with E-state index in [2.05, 4.69) is 21.1 Å². The van der Waals surface area contributed by atoms with Crippen LogP contribution >= 0.6 is 0 Å². The van der Waals surface area contributed by atoms with Gasteiger partial charge in [-0.1, -0.05) is 17.7 Å². The van der Waals surface area contributed by atoms with Gasteiger partial charge in [0.25, 0.3) is 10.1 Å². The summed E-state index contributed by atoms with van der Waals surface area (Å²) < 4.78 is 30.4. The van der Waals surface area contributed by atoms with Crippen LogP contribution in [0.3, 0.4) is 0 Å². The molecular weight excluding hydrogens is 290 g/mol. The van der Waals surface area contributed by atoms with Crippen molar-refractivity contribution in [2.45, 2.75) is 11.8 Å². The Labute approximate surface area is 121 Å². The SMILES string of the molecule is C[N+](C)(C)CCO.Cc1ccc(S(=O)(=O)O)cc1.[Cl-]. The Balaban J connectivity index is 0. The topological polar surface area (TPSA) is 74.6 Å². The maximum Gasteiger partial charge on any atom is 0.294 e. The molecule has 0 amide bonds. The number of aliphatic hydroxyl groups excluding tert-OH is 1. The summed E-state index contributed by atoms with van der Waals surface area (Å²) in [4.78, 5) is -0.0666. The molecule has 7 heteroatoms. The average molecular weight is 312 g/mol. The number of quaternary nitrogens is 1. The maximum absolute atomic E-state index is 10.5. The summed E-state index contributed by atoms with van der Waals surface area (Å²) in [6.45, 7) is 2.96. The van der Waals surface area contributed by atoms with Crippen molar-refractivity contribution in [1.29, 1.82) is 0 Å². The van der Waals surface area contributed by atoms with Gasteiger partial charge >= 0.3 is 0 Å². The Kier molecular flexibility index (Phi) is 9.24. The first-order valence-corrected chi connectivity index (χ1v) is 6.96. The van der Waals surface area contributed by atoms with Gasteiger partial charge in [0.1, 0.15) is 6.54 Å². The molecule has 0 atom stereocenters. The normalized spacial score (nSPS) is 11.1. The molecule has 0 spiro atoms. The van der Waals surface area contributed by atoms with Crippen LogP contribution in [0, 0.1) is 6.92 Å². The molecule has 0 unspecified atom stereocenters. The zero-order chi connectivity index (χ0) is 14.4. The fraction of sp³-hybridized carbons (Fsp3) is 0.500. The van der Waals surface area contributed by atoms with E-state index in [1.807, 2.05) is 6.92 Å². The molecule has 5 nitrogen and oxygen atoms in total. The first-order chi connectivity index (χ1) is 8.06. The zero-order valence-electron chi connectivity index (χ0n) is 11.7. The quantitative estimate of drug-likeness (QED) is 0.497. The lowest BCUT2D eigenvalue weighted by Crippen LogP contribution is -3.00. The van der Waals surface area contributed by atoms with E-state index < -0.39 is 10.1 Å². The monoisotopic (exact) mass is 311 g/mol. The highest BCUT2D eigenvalue weighted by Crippen LogP contribution is 2.08. The van der Waals surface area contributed by atoms with Gasteiger partial charge in [0.15, 0.2) is 0 Å². The minimum Gasteiger partial charge on any atom is -1.00 e. The number of hydrogen-bond donors (Lipinski definition) is 2. The van der Waals surface area contributed by atoms with Crippen LogP contribution in [0.5, 0.6) is 0 Å². The minimum absolute atomic E-state index is 0. The molecule has 0 heterocycles. The van der Waals surface area contributed by atoms with Crippen molar-refractivity contribution in [3.63, 3.8) is 0 Å². The largest absolute Gasteiger partial charge is 1.00 e. The van der Waals surface area contributed by atoms with Crippen molar-refractivity contribution < 1.29 is 35.0 Å². The van der Waals surface area contributed by atoms with Crippen molar-refractivity contribution in [1.82, 2.24) is 0 Å². The summed E-state index contributed by atoms with van der Waals surface area (Å²) in [5, 5.41) is 8.39. The van der Waals surface area contributed by atoms with E-state index in [1.54, 1.807) is 12.1 Å². The molecule has 112 valence electrons. The molecule has 1 aromatic rings. The highest BCUT2D eigenvalue weighted by molar-refractivity contribution is 7.85. The van der Waals surface area contributed by atoms with Crippen molar-refractivity contribution >= 4 is 10.1 Å². The third-order valence-corrected chi connectivity index (χ3v) is 2.96. The summed E-state index contributed by atoms with van der Waals surface area (Å²) in [6, 6.07) is 5.99. The van der Waals surface area contributed by atoms with Gasteiger partial charge in [-0.25, -0.2) is 0 Å². The second-order valence-electron chi connectivity index (χ2n) is 5.03. The number of hydrogen-bond acceptors (Lipinski definition) is 3. The van der Waals surface area contributed by atoms with E-state index in [-0.39, 0.29) is 23.9 Å². The lowest BCUT2D eigenvalue weighted by Gasteiger charge is -2.21.